The van der Waals surface area contributed by atoms with Crippen LogP contribution in [-0.2, 0) is 35.7 Å². The van der Waals surface area contributed by atoms with Crippen molar-refractivity contribution in [1.29, 1.82) is 0 Å². The van der Waals surface area contributed by atoms with Gasteiger partial charge in [0.15, 0.2) is 0 Å². The molecule has 0 aliphatic heterocycles. The van der Waals surface area contributed by atoms with Crippen LogP contribution in [0, 0.1) is 0 Å². The minimum absolute atomic E-state index is 0.163. The summed E-state index contributed by atoms with van der Waals surface area (Å²) in [5.41, 5.74) is 1.20. The molecule has 0 saturated carbocycles. The first-order valence-electron chi connectivity index (χ1n) is 6.76. The number of aliphatic hydroxyl groups is 1. The Balaban J connectivity index is 0.000000885. The van der Waals surface area contributed by atoms with Crippen LogP contribution in [0.15, 0.2) is 24.3 Å². The summed E-state index contributed by atoms with van der Waals surface area (Å²) >= 11 is 0.629. The van der Waals surface area contributed by atoms with Gasteiger partial charge in [0.25, 0.3) is 5.97 Å². The second kappa shape index (κ2) is 11.9. The Morgan fingerprint density at radius 2 is 1.81 bits per heavy atom. The fourth-order valence-corrected chi connectivity index (χ4v) is 4.83. The molecule has 0 fully saturated rings. The number of carboxylic acids is 1. The fraction of sp³-hybridized carbons (Fsp3) is 0.533. The van der Waals surface area contributed by atoms with Crippen LogP contribution in [0.2, 0.25) is 3.43 Å². The second-order valence-electron chi connectivity index (χ2n) is 4.57. The normalized spacial score (nSPS) is 12.9. The Hall–Kier alpha value is -0.655. The summed E-state index contributed by atoms with van der Waals surface area (Å²) in [4.78, 5) is 9.00. The Kier molecular flexibility index (Phi) is 11.6. The van der Waals surface area contributed by atoms with Crippen molar-refractivity contribution in [2.45, 2.75) is 29.3 Å². The first-order valence-corrected chi connectivity index (χ1v) is 9.93. The van der Waals surface area contributed by atoms with Crippen molar-refractivity contribution < 1.29 is 50.6 Å². The van der Waals surface area contributed by atoms with Gasteiger partial charge in [-0.2, -0.15) is 0 Å². The van der Waals surface area contributed by atoms with E-state index >= 15 is 0 Å². The van der Waals surface area contributed by atoms with Crippen LogP contribution in [0.1, 0.15) is 31.4 Å². The van der Waals surface area contributed by atoms with Gasteiger partial charge in [0.05, 0.1) is 0 Å². The molecule has 0 aromatic heterocycles. The van der Waals surface area contributed by atoms with Crippen LogP contribution in [0.3, 0.4) is 0 Å². The number of hydrogen-bond acceptors (Lipinski definition) is 4. The number of benzene rings is 1. The topological polar surface area (TPSA) is 76.0 Å². The van der Waals surface area contributed by atoms with Crippen molar-refractivity contribution >= 4 is 5.97 Å². The predicted molar refractivity (Wildman–Crippen MR) is 76.1 cm³/mol. The number of carbonyl (C=O) groups is 1. The summed E-state index contributed by atoms with van der Waals surface area (Å²) in [5, 5.41) is 16.3. The molecular weight excluding hydrogens is 461 g/mol. The van der Waals surface area contributed by atoms with Gasteiger partial charge in [0, 0.05) is 6.92 Å². The Morgan fingerprint density at radius 3 is 2.19 bits per heavy atom. The van der Waals surface area contributed by atoms with E-state index in [1.54, 1.807) is 14.2 Å². The maximum absolute atomic E-state index is 9.00. The number of aliphatic hydroxyl groups excluding tert-OH is 1. The van der Waals surface area contributed by atoms with E-state index in [0.29, 0.717) is 29.5 Å². The molecule has 2 N–H and O–H groups in total. The third kappa shape index (κ3) is 9.06. The molecule has 1 aromatic rings. The van der Waals surface area contributed by atoms with E-state index in [1.807, 2.05) is 12.1 Å². The molecule has 0 bridgehead atoms. The van der Waals surface area contributed by atoms with Crippen molar-refractivity contribution in [3.8, 4) is 5.75 Å². The molecule has 0 heterocycles. The number of hydrogen-bond donors (Lipinski definition) is 2. The van der Waals surface area contributed by atoms with Gasteiger partial charge in [-0.1, -0.05) is 0 Å². The van der Waals surface area contributed by atoms with Gasteiger partial charge in [-0.3, -0.25) is 4.79 Å². The van der Waals surface area contributed by atoms with E-state index in [9.17, 15) is 0 Å². The second-order valence-corrected chi connectivity index (χ2v) is 8.65. The summed E-state index contributed by atoms with van der Waals surface area (Å²) in [6.45, 7) is 1.35. The maximum atomic E-state index is 9.00. The number of aliphatic carboxylic acids is 1. The van der Waals surface area contributed by atoms with Crippen molar-refractivity contribution in [3.05, 3.63) is 29.8 Å². The zero-order chi connectivity index (χ0) is 16.3. The van der Waals surface area contributed by atoms with Crippen LogP contribution in [0.4, 0.5) is 0 Å². The summed E-state index contributed by atoms with van der Waals surface area (Å²) in [7, 11) is 3.43. The standard InChI is InChI=1S/C13H19O3.C2H4O2.Hg/c1-15-12-8-6-11(7-9-12)13(16-2)5-3-4-10-14;1-2(3)4;/h5-9,13-14H,3-4,10H2,1-2H3;1H3,(H,3,4);. The van der Waals surface area contributed by atoms with Crippen LogP contribution in [-0.4, -0.2) is 37.0 Å². The van der Waals surface area contributed by atoms with Crippen molar-refractivity contribution in [2.24, 2.45) is 0 Å². The van der Waals surface area contributed by atoms with Gasteiger partial charge in [-0.05, 0) is 0 Å². The molecule has 0 spiro atoms. The van der Waals surface area contributed by atoms with Crippen LogP contribution < -0.4 is 4.74 Å². The molecule has 21 heavy (non-hydrogen) atoms. The third-order valence-corrected chi connectivity index (χ3v) is 6.11. The summed E-state index contributed by atoms with van der Waals surface area (Å²) in [5.74, 6) is 0.0359. The molecule has 2 unspecified atom stereocenters. The van der Waals surface area contributed by atoms with Gasteiger partial charge in [-0.25, -0.2) is 0 Å². The molecule has 5 nitrogen and oxygen atoms in total. The van der Waals surface area contributed by atoms with Gasteiger partial charge < -0.3 is 5.11 Å². The van der Waals surface area contributed by atoms with Gasteiger partial charge in [0.1, 0.15) is 0 Å². The van der Waals surface area contributed by atoms with Crippen molar-refractivity contribution in [3.63, 3.8) is 0 Å². The Bertz CT molecular complexity index is 390. The van der Waals surface area contributed by atoms with E-state index in [2.05, 4.69) is 12.1 Å². The summed E-state index contributed by atoms with van der Waals surface area (Å²) < 4.78 is 11.3. The zero-order valence-corrected chi connectivity index (χ0v) is 18.4. The number of carboxylic acid groups (broad SMARTS) is 1. The molecule has 0 amide bonds. The SMILES string of the molecule is CC(=O)O.COc1ccc(C(OC)[CH]([Hg])CCCO)cc1. The molecule has 1 rings (SSSR count). The van der Waals surface area contributed by atoms with Crippen molar-refractivity contribution in [1.82, 2.24) is 0 Å². The number of ether oxygens (including phenoxy) is 2. The monoisotopic (exact) mass is 485 g/mol. The molecule has 0 aliphatic rings. The third-order valence-electron chi connectivity index (χ3n) is 2.86. The number of rotatable bonds is 7. The van der Waals surface area contributed by atoms with Gasteiger partial charge in [-0.15, -0.1) is 0 Å². The van der Waals surface area contributed by atoms with E-state index in [0.717, 1.165) is 25.5 Å². The first-order chi connectivity index (χ1) is 9.96. The van der Waals surface area contributed by atoms with E-state index in [1.165, 1.54) is 5.56 Å². The van der Waals surface area contributed by atoms with Crippen molar-refractivity contribution in [2.75, 3.05) is 20.8 Å². The summed E-state index contributed by atoms with van der Waals surface area (Å²) in [6.07, 6.45) is 2.07. The molecule has 6 heteroatoms. The quantitative estimate of drug-likeness (QED) is 0.583. The predicted octanol–water partition coefficient (Wildman–Crippen LogP) is 2.58. The van der Waals surface area contributed by atoms with Gasteiger partial charge >= 0.3 is 119 Å². The van der Waals surface area contributed by atoms with Gasteiger partial charge in [0.2, 0.25) is 0 Å². The molecule has 0 radical (unpaired) electrons. The zero-order valence-electron chi connectivity index (χ0n) is 12.9. The molecule has 2 atom stereocenters. The van der Waals surface area contributed by atoms with Crippen LogP contribution >= 0.6 is 0 Å². The van der Waals surface area contributed by atoms with E-state index in [4.69, 9.17) is 24.5 Å². The van der Waals surface area contributed by atoms with E-state index < -0.39 is 5.97 Å². The molecule has 0 saturated heterocycles. The van der Waals surface area contributed by atoms with Crippen LogP contribution in [0.25, 0.3) is 0 Å². The fourth-order valence-electron chi connectivity index (χ4n) is 1.90. The molecule has 0 aliphatic carbocycles. The molecule has 1 aromatic carbocycles. The Morgan fingerprint density at radius 1 is 1.29 bits per heavy atom. The first kappa shape index (κ1) is 20.3. The number of methoxy groups -OCH3 is 2. The minimum atomic E-state index is -0.833. The average molecular weight is 484 g/mol. The average Bonchev–Trinajstić information content (AvgIpc) is 2.46. The summed E-state index contributed by atoms with van der Waals surface area (Å²) in [6, 6.07) is 8.05. The van der Waals surface area contributed by atoms with E-state index in [-0.39, 0.29) is 12.7 Å². The molecule has 115 valence electrons. The van der Waals surface area contributed by atoms with Crippen LogP contribution in [0.5, 0.6) is 5.75 Å². The molecular formula is C15H23HgO5. The Labute approximate surface area is 142 Å².